The van der Waals surface area contributed by atoms with Crippen molar-refractivity contribution in [1.29, 1.82) is 0 Å². The van der Waals surface area contributed by atoms with Crippen molar-refractivity contribution in [3.8, 4) is 11.5 Å². The van der Waals surface area contributed by atoms with Crippen LogP contribution in [0.3, 0.4) is 0 Å². The van der Waals surface area contributed by atoms with Gasteiger partial charge < -0.3 is 28.8 Å². The maximum absolute atomic E-state index is 13.3. The normalized spacial score (nSPS) is 18.9. The number of nitrogens with zero attached hydrogens (tertiary/aromatic N) is 2. The quantitative estimate of drug-likeness (QED) is 0.133. The Bertz CT molecular complexity index is 2680. The van der Waals surface area contributed by atoms with Crippen molar-refractivity contribution >= 4 is 80.1 Å². The molecule has 0 spiro atoms. The number of carbonyl (C=O) groups is 2. The third-order valence-corrected chi connectivity index (χ3v) is 14.8. The van der Waals surface area contributed by atoms with Crippen molar-refractivity contribution in [1.82, 2.24) is 9.13 Å². The molecular formula is C50H48Cl4F6N2O6. The van der Waals surface area contributed by atoms with Gasteiger partial charge in [-0.1, -0.05) is 46.4 Å². The summed E-state index contributed by atoms with van der Waals surface area (Å²) in [5, 5.41) is 21.4. The number of aryl methyl sites for hydroxylation is 4. The number of halogens is 10. The molecule has 0 atom stereocenters. The van der Waals surface area contributed by atoms with Gasteiger partial charge in [0.2, 0.25) is 0 Å². The minimum atomic E-state index is -4.43. The third kappa shape index (κ3) is 11.1. The predicted octanol–water partition coefficient (Wildman–Crippen LogP) is 14.9. The van der Waals surface area contributed by atoms with Gasteiger partial charge in [0.15, 0.2) is 0 Å². The fourth-order valence-electron chi connectivity index (χ4n) is 9.23. The van der Waals surface area contributed by atoms with Crippen LogP contribution < -0.4 is 9.47 Å². The van der Waals surface area contributed by atoms with Crippen molar-refractivity contribution in [2.24, 2.45) is 25.9 Å². The highest BCUT2D eigenvalue weighted by atomic mass is 35.5. The average molecular weight is 1030 g/mol. The Labute approximate surface area is 408 Å². The number of carboxylic acids is 2. The van der Waals surface area contributed by atoms with E-state index in [1.165, 1.54) is 0 Å². The standard InChI is InChI=1S/2C25H24Cl2F3NO3/c2*1-13-9-15(25(28,29)30)10-21-18(13)11-16(31(21)2)12-19-20(26)7-8-22(23(19)27)34-17-5-3-14(4-6-17)24(32)33/h2*7-11,14,17H,3-6,12H2,1-2H3,(H,32,33). The molecule has 68 heavy (non-hydrogen) atoms. The summed E-state index contributed by atoms with van der Waals surface area (Å²) in [6.07, 6.45) is -3.82. The Morgan fingerprint density at radius 2 is 0.912 bits per heavy atom. The number of ether oxygens (including phenoxy) is 2. The molecule has 2 aromatic heterocycles. The largest absolute Gasteiger partial charge is 0.489 e. The van der Waals surface area contributed by atoms with E-state index in [0.29, 0.717) is 129 Å². The first kappa shape index (κ1) is 51.1. The van der Waals surface area contributed by atoms with Gasteiger partial charge in [-0.05, 0) is 148 Å². The summed E-state index contributed by atoms with van der Waals surface area (Å²) in [4.78, 5) is 22.4. The molecule has 0 bridgehead atoms. The summed E-state index contributed by atoms with van der Waals surface area (Å²) < 4.78 is 95.4. The molecule has 4 aromatic carbocycles. The van der Waals surface area contributed by atoms with Gasteiger partial charge >= 0.3 is 24.3 Å². The molecule has 6 aromatic rings. The van der Waals surface area contributed by atoms with E-state index in [1.807, 2.05) is 12.1 Å². The number of aliphatic carboxylic acids is 2. The second-order valence-electron chi connectivity index (χ2n) is 17.7. The van der Waals surface area contributed by atoms with E-state index in [4.69, 9.17) is 55.9 Å². The molecule has 0 radical (unpaired) electrons. The monoisotopic (exact) mass is 1030 g/mol. The van der Waals surface area contributed by atoms with Crippen LogP contribution in [0.2, 0.25) is 20.1 Å². The van der Waals surface area contributed by atoms with Crippen molar-refractivity contribution in [3.63, 3.8) is 0 Å². The fraction of sp³-hybridized carbons (Fsp3) is 0.400. The molecule has 0 aliphatic heterocycles. The summed E-state index contributed by atoms with van der Waals surface area (Å²) in [5.74, 6) is -1.31. The Hall–Kier alpha value is -4.76. The molecule has 8 nitrogen and oxygen atoms in total. The molecule has 2 aliphatic rings. The molecule has 0 saturated heterocycles. The SMILES string of the molecule is Cc1cc(C(F)(F)F)cc2c1cc(Cc1c(Cl)ccc(OC3CCC(C(=O)O)CC3)c1Cl)n2C.Cc1cc(C(F)(F)F)cc2c1cc(Cc1c(Cl)ccc(OC3CCC(C(=O)O)CC3)c1Cl)n2C. The van der Waals surface area contributed by atoms with Crippen molar-refractivity contribution < 1.29 is 55.6 Å². The minimum absolute atomic E-state index is 0.136. The molecule has 2 N–H and O–H groups in total. The van der Waals surface area contributed by atoms with Crippen LogP contribution in [0, 0.1) is 25.7 Å². The van der Waals surface area contributed by atoms with Crippen LogP contribution in [-0.4, -0.2) is 43.5 Å². The van der Waals surface area contributed by atoms with Crippen LogP contribution in [0.4, 0.5) is 26.3 Å². The zero-order valence-electron chi connectivity index (χ0n) is 37.4. The first-order valence-corrected chi connectivity index (χ1v) is 23.5. The van der Waals surface area contributed by atoms with Gasteiger partial charge in [-0.3, -0.25) is 9.59 Å². The van der Waals surface area contributed by atoms with E-state index >= 15 is 0 Å². The van der Waals surface area contributed by atoms with Crippen LogP contribution in [0.5, 0.6) is 11.5 Å². The predicted molar refractivity (Wildman–Crippen MR) is 252 cm³/mol. The highest BCUT2D eigenvalue weighted by Crippen LogP contribution is 2.42. The van der Waals surface area contributed by atoms with Gasteiger partial charge in [0.1, 0.15) is 11.5 Å². The molecule has 8 rings (SSSR count). The number of hydrogen-bond donors (Lipinski definition) is 2. The van der Waals surface area contributed by atoms with Crippen LogP contribution >= 0.6 is 46.4 Å². The lowest BCUT2D eigenvalue weighted by Gasteiger charge is -2.27. The molecule has 2 heterocycles. The van der Waals surface area contributed by atoms with E-state index in [2.05, 4.69) is 0 Å². The number of benzene rings is 4. The van der Waals surface area contributed by atoms with Crippen molar-refractivity contribution in [2.75, 3.05) is 0 Å². The Balaban J connectivity index is 0.000000201. The molecule has 18 heteroatoms. The zero-order chi connectivity index (χ0) is 49.6. The molecule has 364 valence electrons. The topological polar surface area (TPSA) is 103 Å². The highest BCUT2D eigenvalue weighted by molar-refractivity contribution is 6.37. The van der Waals surface area contributed by atoms with Gasteiger partial charge in [0.05, 0.1) is 45.2 Å². The maximum atomic E-state index is 13.3. The molecule has 2 fully saturated rings. The summed E-state index contributed by atoms with van der Waals surface area (Å²) >= 11 is 26.2. The minimum Gasteiger partial charge on any atom is -0.489 e. The summed E-state index contributed by atoms with van der Waals surface area (Å²) in [5.41, 5.74) is 3.45. The number of carboxylic acid groups (broad SMARTS) is 2. The second-order valence-corrected chi connectivity index (χ2v) is 19.3. The van der Waals surface area contributed by atoms with Crippen molar-refractivity contribution in [3.05, 3.63) is 126 Å². The average Bonchev–Trinajstić information content (AvgIpc) is 3.77. The van der Waals surface area contributed by atoms with Gasteiger partial charge in [-0.2, -0.15) is 26.3 Å². The number of aromatic nitrogens is 2. The Morgan fingerprint density at radius 3 is 1.22 bits per heavy atom. The van der Waals surface area contributed by atoms with E-state index in [9.17, 15) is 46.1 Å². The van der Waals surface area contributed by atoms with Gasteiger partial charge in [0, 0.05) is 70.2 Å². The van der Waals surface area contributed by atoms with Crippen LogP contribution in [0.15, 0.2) is 60.7 Å². The number of hydrogen-bond acceptors (Lipinski definition) is 4. The van der Waals surface area contributed by atoms with E-state index in [0.717, 1.165) is 46.4 Å². The van der Waals surface area contributed by atoms with Crippen LogP contribution in [0.25, 0.3) is 21.8 Å². The Morgan fingerprint density at radius 1 is 0.574 bits per heavy atom. The van der Waals surface area contributed by atoms with Gasteiger partial charge in [-0.15, -0.1) is 0 Å². The summed E-state index contributed by atoms with van der Waals surface area (Å²) in [7, 11) is 3.45. The lowest BCUT2D eigenvalue weighted by molar-refractivity contribution is -0.144. The van der Waals surface area contributed by atoms with E-state index < -0.39 is 35.4 Å². The molecule has 2 saturated carbocycles. The zero-order valence-corrected chi connectivity index (χ0v) is 40.4. The summed E-state index contributed by atoms with van der Waals surface area (Å²) in [6.45, 7) is 3.32. The van der Waals surface area contributed by atoms with Gasteiger partial charge in [-0.25, -0.2) is 0 Å². The van der Waals surface area contributed by atoms with Crippen LogP contribution in [-0.2, 0) is 48.9 Å². The molecular weight excluding hydrogens is 980 g/mol. The second kappa shape index (κ2) is 20.3. The van der Waals surface area contributed by atoms with E-state index in [-0.39, 0.29) is 24.0 Å². The van der Waals surface area contributed by atoms with E-state index in [1.54, 1.807) is 61.3 Å². The Kier molecular flexibility index (Phi) is 15.3. The summed E-state index contributed by atoms with van der Waals surface area (Å²) in [6, 6.07) is 15.1. The maximum Gasteiger partial charge on any atom is 0.416 e. The number of alkyl halides is 6. The smallest absolute Gasteiger partial charge is 0.416 e. The van der Waals surface area contributed by atoms with Crippen LogP contribution in [0.1, 0.15) is 96.1 Å². The van der Waals surface area contributed by atoms with Crippen molar-refractivity contribution in [2.45, 2.75) is 103 Å². The molecule has 2 aliphatic carbocycles. The van der Waals surface area contributed by atoms with Gasteiger partial charge in [0.25, 0.3) is 0 Å². The number of fused-ring (bicyclic) bond motifs is 2. The molecule has 0 unspecified atom stereocenters. The lowest BCUT2D eigenvalue weighted by atomic mass is 9.87. The highest BCUT2D eigenvalue weighted by Gasteiger charge is 2.34. The number of rotatable bonds is 10. The lowest BCUT2D eigenvalue weighted by Crippen LogP contribution is -2.27. The molecule has 0 amide bonds. The first-order valence-electron chi connectivity index (χ1n) is 22.0. The third-order valence-electron chi connectivity index (χ3n) is 13.2. The first-order chi connectivity index (χ1) is 31.9. The fourth-order valence-corrected chi connectivity index (χ4v) is 10.3.